The van der Waals surface area contributed by atoms with Gasteiger partial charge in [-0.3, -0.25) is 0 Å². The second kappa shape index (κ2) is 8.35. The van der Waals surface area contributed by atoms with E-state index in [0.29, 0.717) is 12.3 Å². The Morgan fingerprint density at radius 3 is 2.04 bits per heavy atom. The van der Waals surface area contributed by atoms with Crippen LogP contribution < -0.4 is 4.74 Å². The first-order valence-electron chi connectivity index (χ1n) is 9.18. The summed E-state index contributed by atoms with van der Waals surface area (Å²) in [6.45, 7) is 0.618. The molecular weight excluding hydrogens is 348 g/mol. The molecule has 0 aliphatic rings. The van der Waals surface area contributed by atoms with Crippen LogP contribution in [0.3, 0.4) is 0 Å². The lowest BCUT2D eigenvalue weighted by Gasteiger charge is -2.07. The molecule has 0 atom stereocenters. The van der Waals surface area contributed by atoms with E-state index in [9.17, 15) is 5.11 Å². The molecule has 4 heteroatoms. The van der Waals surface area contributed by atoms with Crippen LogP contribution in [0.4, 0.5) is 11.4 Å². The third kappa shape index (κ3) is 4.54. The predicted octanol–water partition coefficient (Wildman–Crippen LogP) is 6.58. The molecule has 4 aromatic carbocycles. The van der Waals surface area contributed by atoms with Crippen LogP contribution >= 0.6 is 0 Å². The minimum absolute atomic E-state index is 0.212. The molecule has 0 radical (unpaired) electrons. The van der Waals surface area contributed by atoms with Gasteiger partial charge in [-0.15, -0.1) is 0 Å². The summed E-state index contributed by atoms with van der Waals surface area (Å²) in [7, 11) is 0. The Hall–Kier alpha value is -3.66. The summed E-state index contributed by atoms with van der Waals surface area (Å²) in [6, 6.07) is 29.0. The maximum absolute atomic E-state index is 9.28. The molecule has 1 N–H and O–H groups in total. The number of hydrogen-bond donors (Lipinski definition) is 1. The van der Waals surface area contributed by atoms with Crippen molar-refractivity contribution in [2.45, 2.75) is 6.42 Å². The molecular formula is C24H20N2O2. The zero-order valence-corrected chi connectivity index (χ0v) is 15.3. The Morgan fingerprint density at radius 1 is 0.679 bits per heavy atom. The highest BCUT2D eigenvalue weighted by Gasteiger charge is 1.99. The number of nitrogens with zero attached hydrogens (tertiary/aromatic N) is 2. The standard InChI is InChI=1S/C24H20N2O2/c27-23-11-7-21(8-12-23)25-26-22-9-13-24(14-10-22)28-16-15-18-5-6-19-3-1-2-4-20(19)17-18/h1-14,17,27H,15-16H2/b26-25+. The van der Waals surface area contributed by atoms with Gasteiger partial charge in [-0.25, -0.2) is 0 Å². The smallest absolute Gasteiger partial charge is 0.119 e. The highest BCUT2D eigenvalue weighted by atomic mass is 16.5. The van der Waals surface area contributed by atoms with Crippen molar-refractivity contribution in [2.24, 2.45) is 10.2 Å². The van der Waals surface area contributed by atoms with Crippen LogP contribution in [0.25, 0.3) is 10.8 Å². The van der Waals surface area contributed by atoms with Crippen LogP contribution in [-0.4, -0.2) is 11.7 Å². The molecule has 0 saturated carbocycles. The Kier molecular flexibility index (Phi) is 5.29. The third-order valence-electron chi connectivity index (χ3n) is 4.44. The van der Waals surface area contributed by atoms with Crippen molar-refractivity contribution in [1.29, 1.82) is 0 Å². The second-order valence-electron chi connectivity index (χ2n) is 6.49. The van der Waals surface area contributed by atoms with Gasteiger partial charge in [0.1, 0.15) is 11.5 Å². The van der Waals surface area contributed by atoms with Gasteiger partial charge < -0.3 is 9.84 Å². The highest BCUT2D eigenvalue weighted by Crippen LogP contribution is 2.23. The van der Waals surface area contributed by atoms with Crippen LogP contribution in [-0.2, 0) is 6.42 Å². The van der Waals surface area contributed by atoms with Crippen LogP contribution in [0, 0.1) is 0 Å². The molecule has 0 bridgehead atoms. The second-order valence-corrected chi connectivity index (χ2v) is 6.49. The molecule has 0 fully saturated rings. The molecule has 4 aromatic rings. The normalized spacial score (nSPS) is 11.1. The van der Waals surface area contributed by atoms with Crippen molar-refractivity contribution < 1.29 is 9.84 Å². The summed E-state index contributed by atoms with van der Waals surface area (Å²) in [5.74, 6) is 1.02. The van der Waals surface area contributed by atoms with Crippen molar-refractivity contribution in [3.8, 4) is 11.5 Å². The fourth-order valence-corrected chi connectivity index (χ4v) is 2.92. The highest BCUT2D eigenvalue weighted by molar-refractivity contribution is 5.82. The number of aromatic hydroxyl groups is 1. The van der Waals surface area contributed by atoms with Gasteiger partial charge in [0.2, 0.25) is 0 Å². The number of azo groups is 1. The first kappa shape index (κ1) is 17.7. The van der Waals surface area contributed by atoms with Crippen LogP contribution in [0.2, 0.25) is 0 Å². The van der Waals surface area contributed by atoms with Gasteiger partial charge in [0.05, 0.1) is 18.0 Å². The Bertz CT molecular complexity index is 1090. The summed E-state index contributed by atoms with van der Waals surface area (Å²) in [6.07, 6.45) is 0.854. The van der Waals surface area contributed by atoms with E-state index >= 15 is 0 Å². The molecule has 0 saturated heterocycles. The van der Waals surface area contributed by atoms with Gasteiger partial charge in [0.25, 0.3) is 0 Å². The molecule has 138 valence electrons. The molecule has 0 aliphatic heterocycles. The van der Waals surface area contributed by atoms with Gasteiger partial charge in [-0.05, 0) is 64.9 Å². The zero-order chi connectivity index (χ0) is 19.2. The van der Waals surface area contributed by atoms with E-state index in [-0.39, 0.29) is 5.75 Å². The average Bonchev–Trinajstić information content (AvgIpc) is 2.74. The van der Waals surface area contributed by atoms with E-state index in [1.165, 1.54) is 16.3 Å². The van der Waals surface area contributed by atoms with Gasteiger partial charge in [-0.1, -0.05) is 42.5 Å². The number of fused-ring (bicyclic) bond motifs is 1. The number of rotatable bonds is 6. The maximum atomic E-state index is 9.28. The van der Waals surface area contributed by atoms with Crippen molar-refractivity contribution in [2.75, 3.05) is 6.61 Å². The lowest BCUT2D eigenvalue weighted by atomic mass is 10.1. The quantitative estimate of drug-likeness (QED) is 0.391. The molecule has 0 aromatic heterocycles. The minimum Gasteiger partial charge on any atom is -0.508 e. The summed E-state index contributed by atoms with van der Waals surface area (Å²) >= 11 is 0. The van der Waals surface area contributed by atoms with Crippen LogP contribution in [0.15, 0.2) is 101 Å². The number of phenolic OH excluding ortho intramolecular Hbond substituents is 1. The Labute approximate surface area is 163 Å². The van der Waals surface area contributed by atoms with Gasteiger partial charge in [0, 0.05) is 6.42 Å². The van der Waals surface area contributed by atoms with E-state index in [0.717, 1.165) is 17.9 Å². The summed E-state index contributed by atoms with van der Waals surface area (Å²) in [5, 5.41) is 20.1. The fourth-order valence-electron chi connectivity index (χ4n) is 2.92. The third-order valence-corrected chi connectivity index (χ3v) is 4.44. The van der Waals surface area contributed by atoms with Gasteiger partial charge in [0.15, 0.2) is 0 Å². The van der Waals surface area contributed by atoms with Crippen molar-refractivity contribution in [3.63, 3.8) is 0 Å². The first-order valence-corrected chi connectivity index (χ1v) is 9.18. The predicted molar refractivity (Wildman–Crippen MR) is 112 cm³/mol. The summed E-state index contributed by atoms with van der Waals surface area (Å²) in [4.78, 5) is 0. The zero-order valence-electron chi connectivity index (χ0n) is 15.3. The molecule has 4 rings (SSSR count). The summed E-state index contributed by atoms with van der Waals surface area (Å²) < 4.78 is 5.85. The van der Waals surface area contributed by atoms with Crippen molar-refractivity contribution in [1.82, 2.24) is 0 Å². The SMILES string of the molecule is Oc1ccc(/N=N/c2ccc(OCCc3ccc4ccccc4c3)cc2)cc1. The van der Waals surface area contributed by atoms with Crippen molar-refractivity contribution >= 4 is 22.1 Å². The Morgan fingerprint density at radius 2 is 1.32 bits per heavy atom. The summed E-state index contributed by atoms with van der Waals surface area (Å²) in [5.41, 5.74) is 2.70. The lowest BCUT2D eigenvalue weighted by molar-refractivity contribution is 0.322. The monoisotopic (exact) mass is 368 g/mol. The maximum Gasteiger partial charge on any atom is 0.119 e. The molecule has 0 aliphatic carbocycles. The molecule has 0 spiro atoms. The van der Waals surface area contributed by atoms with Crippen LogP contribution in [0.5, 0.6) is 11.5 Å². The number of ether oxygens (including phenoxy) is 1. The Balaban J connectivity index is 1.32. The lowest BCUT2D eigenvalue weighted by Crippen LogP contribution is -2.01. The number of hydrogen-bond acceptors (Lipinski definition) is 4. The molecule has 28 heavy (non-hydrogen) atoms. The van der Waals surface area contributed by atoms with E-state index < -0.39 is 0 Å². The van der Waals surface area contributed by atoms with Gasteiger partial charge in [-0.2, -0.15) is 10.2 Å². The van der Waals surface area contributed by atoms with Gasteiger partial charge >= 0.3 is 0 Å². The molecule has 0 amide bonds. The average molecular weight is 368 g/mol. The first-order chi connectivity index (χ1) is 13.8. The van der Waals surface area contributed by atoms with E-state index in [1.807, 2.05) is 24.3 Å². The fraction of sp³-hybridized carbons (Fsp3) is 0.0833. The number of benzene rings is 4. The van der Waals surface area contributed by atoms with E-state index in [2.05, 4.69) is 52.7 Å². The number of phenols is 1. The van der Waals surface area contributed by atoms with Crippen molar-refractivity contribution in [3.05, 3.63) is 96.6 Å². The van der Waals surface area contributed by atoms with E-state index in [4.69, 9.17) is 4.74 Å². The van der Waals surface area contributed by atoms with Crippen LogP contribution in [0.1, 0.15) is 5.56 Å². The molecule has 0 unspecified atom stereocenters. The topological polar surface area (TPSA) is 54.2 Å². The molecule has 4 nitrogen and oxygen atoms in total. The minimum atomic E-state index is 0.212. The largest absolute Gasteiger partial charge is 0.508 e. The molecule has 0 heterocycles. The van der Waals surface area contributed by atoms with E-state index in [1.54, 1.807) is 24.3 Å².